The average molecular weight is 260 g/mol. The summed E-state index contributed by atoms with van der Waals surface area (Å²) in [6, 6.07) is 8.52. The van der Waals surface area contributed by atoms with Gasteiger partial charge in [0, 0.05) is 12.6 Å². The lowest BCUT2D eigenvalue weighted by Crippen LogP contribution is -2.23. The van der Waals surface area contributed by atoms with Crippen molar-refractivity contribution in [3.63, 3.8) is 0 Å². The topological polar surface area (TPSA) is 92.4 Å². The fourth-order valence-corrected chi connectivity index (χ4v) is 1.66. The molecule has 2 aromatic rings. The van der Waals surface area contributed by atoms with E-state index in [4.69, 9.17) is 9.63 Å². The first kappa shape index (κ1) is 12.8. The van der Waals surface area contributed by atoms with Crippen LogP contribution in [0.4, 0.5) is 0 Å². The number of carbonyl (C=O) groups excluding carboxylic acids is 1. The van der Waals surface area contributed by atoms with Crippen LogP contribution in [0.15, 0.2) is 41.1 Å². The molecule has 6 nitrogen and oxygen atoms in total. The van der Waals surface area contributed by atoms with Crippen molar-refractivity contribution >= 4 is 11.9 Å². The molecule has 0 saturated carbocycles. The number of rotatable bonds is 5. The van der Waals surface area contributed by atoms with E-state index in [1.165, 1.54) is 12.3 Å². The highest BCUT2D eigenvalue weighted by Crippen LogP contribution is 2.10. The zero-order valence-corrected chi connectivity index (χ0v) is 10.00. The number of benzene rings is 1. The summed E-state index contributed by atoms with van der Waals surface area (Å²) in [5.41, 5.74) is 1.44. The number of aliphatic carboxylic acids is 1. The molecule has 19 heavy (non-hydrogen) atoms. The Morgan fingerprint density at radius 1 is 1.21 bits per heavy atom. The summed E-state index contributed by atoms with van der Waals surface area (Å²) in [4.78, 5) is 22.4. The summed E-state index contributed by atoms with van der Waals surface area (Å²) in [7, 11) is 0. The van der Waals surface area contributed by atoms with Crippen LogP contribution in [-0.2, 0) is 17.8 Å². The minimum atomic E-state index is -0.908. The molecule has 1 aromatic heterocycles. The van der Waals surface area contributed by atoms with Gasteiger partial charge in [0.15, 0.2) is 0 Å². The number of hydrogen-bond acceptors (Lipinski definition) is 4. The van der Waals surface area contributed by atoms with Gasteiger partial charge in [-0.1, -0.05) is 29.4 Å². The Morgan fingerprint density at radius 2 is 1.95 bits per heavy atom. The summed E-state index contributed by atoms with van der Waals surface area (Å²) in [5.74, 6) is -1.17. The smallest absolute Gasteiger partial charge is 0.307 e. The van der Waals surface area contributed by atoms with Crippen LogP contribution in [0.3, 0.4) is 0 Å². The molecule has 2 rings (SSSR count). The quantitative estimate of drug-likeness (QED) is 0.843. The molecule has 0 fully saturated rings. The predicted molar refractivity (Wildman–Crippen MR) is 65.5 cm³/mol. The van der Waals surface area contributed by atoms with E-state index in [9.17, 15) is 9.59 Å². The van der Waals surface area contributed by atoms with Crippen molar-refractivity contribution in [3.8, 4) is 0 Å². The van der Waals surface area contributed by atoms with Crippen molar-refractivity contribution in [1.29, 1.82) is 0 Å². The van der Waals surface area contributed by atoms with Gasteiger partial charge >= 0.3 is 5.97 Å². The third-order valence-corrected chi connectivity index (χ3v) is 2.56. The highest BCUT2D eigenvalue weighted by atomic mass is 16.5. The lowest BCUT2D eigenvalue weighted by atomic mass is 10.0. The molecule has 0 aliphatic carbocycles. The number of hydrogen-bond donors (Lipinski definition) is 2. The minimum absolute atomic E-state index is 0.0750. The largest absolute Gasteiger partial charge is 0.481 e. The Kier molecular flexibility index (Phi) is 3.92. The van der Waals surface area contributed by atoms with E-state index in [0.717, 1.165) is 5.56 Å². The van der Waals surface area contributed by atoms with E-state index >= 15 is 0 Å². The summed E-state index contributed by atoms with van der Waals surface area (Å²) in [6.07, 6.45) is 1.31. The summed E-state index contributed by atoms with van der Waals surface area (Å²) >= 11 is 0. The summed E-state index contributed by atoms with van der Waals surface area (Å²) < 4.78 is 4.72. The zero-order valence-electron chi connectivity index (χ0n) is 10.00. The Labute approximate surface area is 109 Å². The molecule has 1 aromatic carbocycles. The van der Waals surface area contributed by atoms with E-state index < -0.39 is 5.97 Å². The number of amides is 1. The summed E-state index contributed by atoms with van der Waals surface area (Å²) in [5, 5.41) is 14.9. The number of carboxylic acids is 1. The fraction of sp³-hybridized carbons (Fsp3) is 0.154. The van der Waals surface area contributed by atoms with Gasteiger partial charge in [-0.05, 0) is 11.1 Å². The molecule has 2 N–H and O–H groups in total. The summed E-state index contributed by atoms with van der Waals surface area (Å²) in [6.45, 7) is 0.239. The second-order valence-corrected chi connectivity index (χ2v) is 3.90. The van der Waals surface area contributed by atoms with E-state index in [0.29, 0.717) is 5.56 Å². The van der Waals surface area contributed by atoms with Crippen LogP contribution in [0.2, 0.25) is 0 Å². The van der Waals surface area contributed by atoms with Gasteiger partial charge in [-0.25, -0.2) is 0 Å². The molecule has 0 unspecified atom stereocenters. The molecular weight excluding hydrogens is 248 g/mol. The first-order valence-corrected chi connectivity index (χ1v) is 5.64. The number of aromatic nitrogens is 1. The second-order valence-electron chi connectivity index (χ2n) is 3.90. The minimum Gasteiger partial charge on any atom is -0.481 e. The van der Waals surface area contributed by atoms with Crippen LogP contribution < -0.4 is 5.32 Å². The molecule has 0 spiro atoms. The molecule has 98 valence electrons. The first-order chi connectivity index (χ1) is 9.16. The van der Waals surface area contributed by atoms with E-state index in [1.54, 1.807) is 24.3 Å². The van der Waals surface area contributed by atoms with Gasteiger partial charge in [0.05, 0.1) is 12.6 Å². The number of carboxylic acid groups (broad SMARTS) is 1. The third-order valence-electron chi connectivity index (χ3n) is 2.56. The molecule has 1 heterocycles. The average Bonchev–Trinajstić information content (AvgIpc) is 2.90. The Hall–Kier alpha value is -2.63. The Morgan fingerprint density at radius 3 is 2.58 bits per heavy atom. The van der Waals surface area contributed by atoms with Crippen molar-refractivity contribution in [1.82, 2.24) is 10.5 Å². The molecule has 0 aliphatic heterocycles. The van der Waals surface area contributed by atoms with Crippen molar-refractivity contribution in [2.75, 3.05) is 0 Å². The van der Waals surface area contributed by atoms with Crippen molar-refractivity contribution < 1.29 is 19.2 Å². The number of carbonyl (C=O) groups is 2. The predicted octanol–water partition coefficient (Wildman–Crippen LogP) is 1.23. The zero-order chi connectivity index (χ0) is 13.7. The van der Waals surface area contributed by atoms with Crippen LogP contribution in [0, 0.1) is 0 Å². The third kappa shape index (κ3) is 3.41. The molecule has 0 aliphatic rings. The normalized spacial score (nSPS) is 10.1. The number of nitrogens with zero attached hydrogens (tertiary/aromatic N) is 1. The molecule has 0 saturated heterocycles. The Bertz CT molecular complexity index is 578. The van der Waals surface area contributed by atoms with Gasteiger partial charge in [-0.3, -0.25) is 9.59 Å². The lowest BCUT2D eigenvalue weighted by Gasteiger charge is -2.08. The van der Waals surface area contributed by atoms with E-state index in [2.05, 4.69) is 10.5 Å². The first-order valence-electron chi connectivity index (χ1n) is 5.64. The molecule has 0 atom stereocenters. The maximum Gasteiger partial charge on any atom is 0.307 e. The molecule has 0 bridgehead atoms. The molecule has 1 amide bonds. The van der Waals surface area contributed by atoms with Crippen LogP contribution in [-0.4, -0.2) is 22.1 Å². The molecular formula is C13H12N2O4. The number of nitrogens with one attached hydrogen (secondary N) is 1. The van der Waals surface area contributed by atoms with E-state index in [-0.39, 0.29) is 24.6 Å². The molecule has 0 radical (unpaired) electrons. The fourth-order valence-electron chi connectivity index (χ4n) is 1.66. The standard InChI is InChI=1S/C13H12N2O4/c16-12(17)7-9-3-1-2-4-10(9)8-14-13(18)11-5-6-15-19-11/h1-6H,7-8H2,(H,14,18)(H,16,17). The van der Waals surface area contributed by atoms with Gasteiger partial charge in [-0.15, -0.1) is 0 Å². The molecule has 6 heteroatoms. The monoisotopic (exact) mass is 260 g/mol. The SMILES string of the molecule is O=C(O)Cc1ccccc1CNC(=O)c1ccno1. The van der Waals surface area contributed by atoms with Gasteiger partial charge < -0.3 is 14.9 Å². The van der Waals surface area contributed by atoms with Crippen LogP contribution in [0.25, 0.3) is 0 Å². The van der Waals surface area contributed by atoms with Gasteiger partial charge in [0.1, 0.15) is 0 Å². The van der Waals surface area contributed by atoms with Crippen LogP contribution in [0.1, 0.15) is 21.7 Å². The van der Waals surface area contributed by atoms with Gasteiger partial charge in [0.25, 0.3) is 5.91 Å². The van der Waals surface area contributed by atoms with Crippen molar-refractivity contribution in [2.24, 2.45) is 0 Å². The van der Waals surface area contributed by atoms with Crippen molar-refractivity contribution in [3.05, 3.63) is 53.4 Å². The van der Waals surface area contributed by atoms with Crippen LogP contribution in [0.5, 0.6) is 0 Å². The second kappa shape index (κ2) is 5.81. The van der Waals surface area contributed by atoms with Gasteiger partial charge in [0.2, 0.25) is 5.76 Å². The van der Waals surface area contributed by atoms with Crippen molar-refractivity contribution in [2.45, 2.75) is 13.0 Å². The van der Waals surface area contributed by atoms with Gasteiger partial charge in [-0.2, -0.15) is 0 Å². The van der Waals surface area contributed by atoms with Crippen LogP contribution >= 0.6 is 0 Å². The van der Waals surface area contributed by atoms with E-state index in [1.807, 2.05) is 0 Å². The highest BCUT2D eigenvalue weighted by molar-refractivity contribution is 5.91. The highest BCUT2D eigenvalue weighted by Gasteiger charge is 2.11. The maximum absolute atomic E-state index is 11.7. The lowest BCUT2D eigenvalue weighted by molar-refractivity contribution is -0.136. The Balaban J connectivity index is 2.03. The maximum atomic E-state index is 11.7.